The van der Waals surface area contributed by atoms with Gasteiger partial charge >= 0.3 is 5.97 Å². The van der Waals surface area contributed by atoms with Gasteiger partial charge in [-0.3, -0.25) is 0 Å². The Kier molecular flexibility index (Phi) is 4.25. The van der Waals surface area contributed by atoms with Gasteiger partial charge in [-0.1, -0.05) is 41.4 Å². The summed E-state index contributed by atoms with van der Waals surface area (Å²) in [6, 6.07) is 11.4. The number of rotatable bonds is 4. The number of aryl methyl sites for hydroxylation is 1. The van der Waals surface area contributed by atoms with Crippen LogP contribution in [0.4, 0.5) is 5.82 Å². The van der Waals surface area contributed by atoms with E-state index in [0.29, 0.717) is 12.4 Å². The Morgan fingerprint density at radius 3 is 2.75 bits per heavy atom. The third kappa shape index (κ3) is 3.27. The zero-order valence-electron chi connectivity index (χ0n) is 11.3. The molecule has 0 aliphatic carbocycles. The number of carboxylic acids is 1. The van der Waals surface area contributed by atoms with Gasteiger partial charge in [0.05, 0.1) is 5.02 Å². The molecule has 104 valence electrons. The van der Waals surface area contributed by atoms with Crippen molar-refractivity contribution in [2.45, 2.75) is 13.5 Å². The summed E-state index contributed by atoms with van der Waals surface area (Å²) in [4.78, 5) is 17.0. The van der Waals surface area contributed by atoms with Crippen LogP contribution in [0.1, 0.15) is 21.6 Å². The molecule has 0 saturated carbocycles. The Labute approximate surface area is 122 Å². The molecule has 0 aliphatic rings. The zero-order chi connectivity index (χ0) is 14.7. The van der Waals surface area contributed by atoms with Crippen molar-refractivity contribution in [2.24, 2.45) is 0 Å². The highest BCUT2D eigenvalue weighted by atomic mass is 35.5. The minimum absolute atomic E-state index is 0.125. The third-order valence-corrected chi connectivity index (χ3v) is 3.23. The van der Waals surface area contributed by atoms with Crippen molar-refractivity contribution in [2.75, 3.05) is 11.9 Å². The predicted molar refractivity (Wildman–Crippen MR) is 79.5 cm³/mol. The highest BCUT2D eigenvalue weighted by molar-refractivity contribution is 6.33. The number of pyridine rings is 1. The number of anilines is 1. The van der Waals surface area contributed by atoms with E-state index in [1.807, 2.05) is 37.1 Å². The normalized spacial score (nSPS) is 10.3. The summed E-state index contributed by atoms with van der Waals surface area (Å²) in [6.45, 7) is 2.68. The molecule has 0 radical (unpaired) electrons. The molecule has 0 amide bonds. The second-order valence-corrected chi connectivity index (χ2v) is 5.06. The van der Waals surface area contributed by atoms with E-state index in [4.69, 9.17) is 16.7 Å². The molecule has 1 heterocycles. The van der Waals surface area contributed by atoms with Gasteiger partial charge in [0.25, 0.3) is 0 Å². The number of hydrogen-bond donors (Lipinski definition) is 1. The molecular weight excluding hydrogens is 276 g/mol. The molecule has 5 heteroatoms. The highest BCUT2D eigenvalue weighted by Gasteiger charge is 2.13. The van der Waals surface area contributed by atoms with Crippen LogP contribution in [-0.4, -0.2) is 23.1 Å². The molecule has 0 unspecified atom stereocenters. The summed E-state index contributed by atoms with van der Waals surface area (Å²) in [5, 5.41) is 9.18. The van der Waals surface area contributed by atoms with Crippen molar-refractivity contribution >= 4 is 23.4 Å². The standard InChI is InChI=1S/C15H15ClN2O2/c1-10-4-3-5-11(8-10)9-18(2)13-7-6-12(16)14(17-13)15(19)20/h3-8H,9H2,1-2H3,(H,19,20). The second-order valence-electron chi connectivity index (χ2n) is 4.65. The van der Waals surface area contributed by atoms with E-state index in [9.17, 15) is 4.79 Å². The number of carboxylic acid groups (broad SMARTS) is 1. The van der Waals surface area contributed by atoms with Crippen molar-refractivity contribution < 1.29 is 9.90 Å². The van der Waals surface area contributed by atoms with Crippen LogP contribution in [0.3, 0.4) is 0 Å². The van der Waals surface area contributed by atoms with E-state index in [0.717, 1.165) is 5.56 Å². The smallest absolute Gasteiger partial charge is 0.356 e. The largest absolute Gasteiger partial charge is 0.476 e. The van der Waals surface area contributed by atoms with Crippen LogP contribution in [0.5, 0.6) is 0 Å². The lowest BCUT2D eigenvalue weighted by Gasteiger charge is -2.19. The molecule has 0 fully saturated rings. The fourth-order valence-corrected chi connectivity index (χ4v) is 2.15. The van der Waals surface area contributed by atoms with Gasteiger partial charge in [0.2, 0.25) is 0 Å². The zero-order valence-corrected chi connectivity index (χ0v) is 12.1. The second kappa shape index (κ2) is 5.92. The Balaban J connectivity index is 2.23. The fraction of sp³-hybridized carbons (Fsp3) is 0.200. The van der Waals surface area contributed by atoms with Gasteiger partial charge in [-0.2, -0.15) is 0 Å². The van der Waals surface area contributed by atoms with Gasteiger partial charge in [-0.15, -0.1) is 0 Å². The minimum atomic E-state index is -1.12. The van der Waals surface area contributed by atoms with Crippen LogP contribution in [0.15, 0.2) is 36.4 Å². The van der Waals surface area contributed by atoms with Crippen LogP contribution in [0, 0.1) is 6.92 Å². The van der Waals surface area contributed by atoms with E-state index in [1.54, 1.807) is 12.1 Å². The first-order chi connectivity index (χ1) is 9.47. The molecule has 2 aromatic rings. The van der Waals surface area contributed by atoms with Gasteiger partial charge in [0.1, 0.15) is 5.82 Å². The molecular formula is C15H15ClN2O2. The third-order valence-electron chi connectivity index (χ3n) is 2.93. The summed E-state index contributed by atoms with van der Waals surface area (Å²) >= 11 is 5.82. The van der Waals surface area contributed by atoms with Crippen LogP contribution in [0.25, 0.3) is 0 Å². The van der Waals surface area contributed by atoms with Crippen LogP contribution in [0.2, 0.25) is 5.02 Å². The number of nitrogens with zero attached hydrogens (tertiary/aromatic N) is 2. The lowest BCUT2D eigenvalue weighted by molar-refractivity contribution is 0.0691. The first-order valence-electron chi connectivity index (χ1n) is 6.14. The average molecular weight is 291 g/mol. The maximum absolute atomic E-state index is 11.0. The number of aromatic carboxylic acids is 1. The summed E-state index contributed by atoms with van der Waals surface area (Å²) in [5.41, 5.74) is 2.20. The topological polar surface area (TPSA) is 53.4 Å². The van der Waals surface area contributed by atoms with Gasteiger partial charge in [-0.25, -0.2) is 9.78 Å². The van der Waals surface area contributed by atoms with Crippen LogP contribution < -0.4 is 4.90 Å². The van der Waals surface area contributed by atoms with E-state index >= 15 is 0 Å². The molecule has 0 aliphatic heterocycles. The maximum Gasteiger partial charge on any atom is 0.356 e. The lowest BCUT2D eigenvalue weighted by atomic mass is 10.1. The van der Waals surface area contributed by atoms with Gasteiger partial charge < -0.3 is 10.0 Å². The van der Waals surface area contributed by atoms with E-state index < -0.39 is 5.97 Å². The number of aromatic nitrogens is 1. The van der Waals surface area contributed by atoms with Crippen molar-refractivity contribution in [1.82, 2.24) is 4.98 Å². The van der Waals surface area contributed by atoms with Gasteiger partial charge in [0.15, 0.2) is 5.69 Å². The molecule has 1 N–H and O–H groups in total. The summed E-state index contributed by atoms with van der Waals surface area (Å²) < 4.78 is 0. The molecule has 0 atom stereocenters. The number of halogens is 1. The Hall–Kier alpha value is -2.07. The molecule has 0 saturated heterocycles. The lowest BCUT2D eigenvalue weighted by Crippen LogP contribution is -2.19. The quantitative estimate of drug-likeness (QED) is 0.938. The van der Waals surface area contributed by atoms with Crippen molar-refractivity contribution in [3.63, 3.8) is 0 Å². The van der Waals surface area contributed by atoms with E-state index in [-0.39, 0.29) is 10.7 Å². The minimum Gasteiger partial charge on any atom is -0.476 e. The Morgan fingerprint density at radius 1 is 1.35 bits per heavy atom. The molecule has 20 heavy (non-hydrogen) atoms. The first kappa shape index (κ1) is 14.3. The SMILES string of the molecule is Cc1cccc(CN(C)c2ccc(Cl)c(C(=O)O)n2)c1. The highest BCUT2D eigenvalue weighted by Crippen LogP contribution is 2.20. The van der Waals surface area contributed by atoms with E-state index in [2.05, 4.69) is 11.1 Å². The number of hydrogen-bond acceptors (Lipinski definition) is 3. The molecule has 0 bridgehead atoms. The maximum atomic E-state index is 11.0. The average Bonchev–Trinajstić information content (AvgIpc) is 2.38. The number of benzene rings is 1. The van der Waals surface area contributed by atoms with Crippen molar-refractivity contribution in [1.29, 1.82) is 0 Å². The molecule has 2 rings (SSSR count). The predicted octanol–water partition coefficient (Wildman–Crippen LogP) is 3.38. The van der Waals surface area contributed by atoms with Crippen molar-refractivity contribution in [3.8, 4) is 0 Å². The number of carbonyl (C=O) groups is 1. The monoisotopic (exact) mass is 290 g/mol. The summed E-state index contributed by atoms with van der Waals surface area (Å²) in [5.74, 6) is -0.547. The van der Waals surface area contributed by atoms with Crippen molar-refractivity contribution in [3.05, 3.63) is 58.2 Å². The van der Waals surface area contributed by atoms with Crippen LogP contribution in [-0.2, 0) is 6.54 Å². The molecule has 1 aromatic heterocycles. The first-order valence-corrected chi connectivity index (χ1v) is 6.51. The Morgan fingerprint density at radius 2 is 2.10 bits per heavy atom. The molecule has 4 nitrogen and oxygen atoms in total. The molecule has 1 aromatic carbocycles. The van der Waals surface area contributed by atoms with Gasteiger partial charge in [-0.05, 0) is 24.6 Å². The van der Waals surface area contributed by atoms with Crippen LogP contribution >= 0.6 is 11.6 Å². The summed E-state index contributed by atoms with van der Waals surface area (Å²) in [7, 11) is 1.87. The fourth-order valence-electron chi connectivity index (χ4n) is 1.96. The molecule has 0 spiro atoms. The summed E-state index contributed by atoms with van der Waals surface area (Å²) in [6.07, 6.45) is 0. The van der Waals surface area contributed by atoms with Gasteiger partial charge in [0, 0.05) is 13.6 Å². The Bertz CT molecular complexity index is 644. The van der Waals surface area contributed by atoms with E-state index in [1.165, 1.54) is 5.56 Å².